The Morgan fingerprint density at radius 1 is 1.04 bits per heavy atom. The molecule has 2 aromatic heterocycles. The van der Waals surface area contributed by atoms with Gasteiger partial charge in [-0.3, -0.25) is 4.79 Å². The van der Waals surface area contributed by atoms with E-state index in [4.69, 9.17) is 11.6 Å². The largest absolute Gasteiger partial charge is 0.321 e. The smallest absolute Gasteiger partial charge is 0.256 e. The first kappa shape index (κ1) is 17.2. The number of carbonyl (C=O) groups excluding carboxylic acids is 1. The molecule has 0 saturated heterocycles. The minimum atomic E-state index is -0.181. The van der Waals surface area contributed by atoms with E-state index in [0.29, 0.717) is 9.90 Å². The lowest BCUT2D eigenvalue weighted by atomic mass is 10.1. The standard InChI is InChI=1S/C20H12BrClN2OS/c21-14-6-2-4-8-16(14)24-20(25)13-11-17(18-9-10-19(22)26-18)23-15-7-3-1-5-12(13)15/h1-11H,(H,24,25). The highest BCUT2D eigenvalue weighted by molar-refractivity contribution is 9.10. The van der Waals surface area contributed by atoms with E-state index in [1.54, 1.807) is 0 Å². The van der Waals surface area contributed by atoms with Crippen molar-refractivity contribution in [2.24, 2.45) is 0 Å². The second kappa shape index (κ2) is 7.19. The number of halogens is 2. The first-order valence-corrected chi connectivity index (χ1v) is 9.82. The lowest BCUT2D eigenvalue weighted by molar-refractivity contribution is 0.102. The summed E-state index contributed by atoms with van der Waals surface area (Å²) in [5.41, 5.74) is 2.80. The molecule has 3 nitrogen and oxygen atoms in total. The molecule has 0 atom stereocenters. The van der Waals surface area contributed by atoms with Crippen molar-refractivity contribution in [3.05, 3.63) is 81.1 Å². The fourth-order valence-corrected chi connectivity index (χ4v) is 4.08. The van der Waals surface area contributed by atoms with Crippen molar-refractivity contribution in [2.45, 2.75) is 0 Å². The van der Waals surface area contributed by atoms with Gasteiger partial charge in [0.05, 0.1) is 31.7 Å². The molecule has 0 radical (unpaired) electrons. The van der Waals surface area contributed by atoms with Crippen LogP contribution in [0.1, 0.15) is 10.4 Å². The van der Waals surface area contributed by atoms with Crippen LogP contribution in [0.2, 0.25) is 4.34 Å². The number of anilines is 1. The number of rotatable bonds is 3. The Balaban J connectivity index is 1.82. The summed E-state index contributed by atoms with van der Waals surface area (Å²) in [6, 6.07) is 20.7. The highest BCUT2D eigenvalue weighted by Gasteiger charge is 2.15. The molecule has 0 aliphatic heterocycles. The summed E-state index contributed by atoms with van der Waals surface area (Å²) >= 11 is 11.0. The zero-order valence-corrected chi connectivity index (χ0v) is 16.5. The van der Waals surface area contributed by atoms with Crippen molar-refractivity contribution < 1.29 is 4.79 Å². The highest BCUT2D eigenvalue weighted by Crippen LogP contribution is 2.32. The molecule has 4 aromatic rings. The number of carbonyl (C=O) groups is 1. The van der Waals surface area contributed by atoms with Crippen molar-refractivity contribution in [2.75, 3.05) is 5.32 Å². The molecule has 0 bridgehead atoms. The van der Waals surface area contributed by atoms with E-state index in [-0.39, 0.29) is 5.91 Å². The van der Waals surface area contributed by atoms with Crippen LogP contribution in [0, 0.1) is 0 Å². The van der Waals surface area contributed by atoms with Gasteiger partial charge in [-0.15, -0.1) is 11.3 Å². The molecule has 26 heavy (non-hydrogen) atoms. The fraction of sp³-hybridized carbons (Fsp3) is 0. The van der Waals surface area contributed by atoms with Crippen molar-refractivity contribution in [3.63, 3.8) is 0 Å². The number of aromatic nitrogens is 1. The number of nitrogens with one attached hydrogen (secondary N) is 1. The number of pyridine rings is 1. The van der Waals surface area contributed by atoms with Crippen molar-refractivity contribution in [1.82, 2.24) is 4.98 Å². The highest BCUT2D eigenvalue weighted by atomic mass is 79.9. The summed E-state index contributed by atoms with van der Waals surface area (Å²) in [5.74, 6) is -0.181. The molecule has 4 rings (SSSR count). The summed E-state index contributed by atoms with van der Waals surface area (Å²) in [4.78, 5) is 18.6. The Kier molecular flexibility index (Phi) is 4.76. The molecule has 0 aliphatic rings. The summed E-state index contributed by atoms with van der Waals surface area (Å²) in [5, 5.41) is 3.78. The van der Waals surface area contributed by atoms with Gasteiger partial charge in [0.15, 0.2) is 0 Å². The summed E-state index contributed by atoms with van der Waals surface area (Å²) in [6.07, 6.45) is 0. The molecule has 2 heterocycles. The number of benzene rings is 2. The molecule has 6 heteroatoms. The van der Waals surface area contributed by atoms with E-state index in [1.165, 1.54) is 11.3 Å². The second-order valence-corrected chi connectivity index (χ2v) is 8.18. The van der Waals surface area contributed by atoms with Crippen molar-refractivity contribution in [3.8, 4) is 10.6 Å². The lowest BCUT2D eigenvalue weighted by Gasteiger charge is -2.11. The normalized spacial score (nSPS) is 10.8. The molecule has 0 unspecified atom stereocenters. The average molecular weight is 444 g/mol. The first-order valence-electron chi connectivity index (χ1n) is 7.83. The monoisotopic (exact) mass is 442 g/mol. The number of fused-ring (bicyclic) bond motifs is 1. The molecule has 0 saturated carbocycles. The topological polar surface area (TPSA) is 42.0 Å². The maximum absolute atomic E-state index is 13.0. The minimum Gasteiger partial charge on any atom is -0.321 e. The summed E-state index contributed by atoms with van der Waals surface area (Å²) in [6.45, 7) is 0. The van der Waals surface area contributed by atoms with Gasteiger partial charge in [0, 0.05) is 9.86 Å². The predicted molar refractivity (Wildman–Crippen MR) is 112 cm³/mol. The van der Waals surface area contributed by atoms with Gasteiger partial charge in [0.2, 0.25) is 0 Å². The predicted octanol–water partition coefficient (Wildman–Crippen LogP) is 6.63. The molecular formula is C20H12BrClN2OS. The number of hydrogen-bond acceptors (Lipinski definition) is 3. The van der Waals surface area contributed by atoms with Crippen LogP contribution in [-0.4, -0.2) is 10.9 Å². The lowest BCUT2D eigenvalue weighted by Crippen LogP contribution is -2.13. The van der Waals surface area contributed by atoms with Crippen LogP contribution in [0.4, 0.5) is 5.69 Å². The van der Waals surface area contributed by atoms with Gasteiger partial charge in [0.1, 0.15) is 0 Å². The van der Waals surface area contributed by atoms with E-state index in [2.05, 4.69) is 26.2 Å². The molecule has 1 amide bonds. The van der Waals surface area contributed by atoms with Crippen LogP contribution in [0.25, 0.3) is 21.5 Å². The zero-order chi connectivity index (χ0) is 18.1. The molecule has 0 spiro atoms. The number of nitrogens with zero attached hydrogens (tertiary/aromatic N) is 1. The number of hydrogen-bond donors (Lipinski definition) is 1. The Labute approximate surface area is 167 Å². The third-order valence-corrected chi connectivity index (χ3v) is 5.85. The van der Waals surface area contributed by atoms with E-state index < -0.39 is 0 Å². The number of amides is 1. The molecule has 0 aliphatic carbocycles. The molecule has 1 N–H and O–H groups in total. The van der Waals surface area contributed by atoms with Gasteiger partial charge in [-0.1, -0.05) is 41.9 Å². The Morgan fingerprint density at radius 3 is 2.58 bits per heavy atom. The second-order valence-electron chi connectivity index (χ2n) is 5.61. The molecule has 128 valence electrons. The summed E-state index contributed by atoms with van der Waals surface area (Å²) in [7, 11) is 0. The fourth-order valence-electron chi connectivity index (χ4n) is 2.69. The Morgan fingerprint density at radius 2 is 1.81 bits per heavy atom. The Hall–Kier alpha value is -2.21. The maximum atomic E-state index is 13.0. The van der Waals surface area contributed by atoms with E-state index >= 15 is 0 Å². The quantitative estimate of drug-likeness (QED) is 0.386. The van der Waals surface area contributed by atoms with Gasteiger partial charge < -0.3 is 5.32 Å². The van der Waals surface area contributed by atoms with Crippen LogP contribution in [0.5, 0.6) is 0 Å². The van der Waals surface area contributed by atoms with Crippen LogP contribution >= 0.6 is 38.9 Å². The Bertz CT molecular complexity index is 1130. The van der Waals surface area contributed by atoms with Gasteiger partial charge in [0.25, 0.3) is 5.91 Å². The SMILES string of the molecule is O=C(Nc1ccccc1Br)c1cc(-c2ccc(Cl)s2)nc2ccccc12. The molecule has 0 fully saturated rings. The molecular weight excluding hydrogens is 432 g/mol. The van der Waals surface area contributed by atoms with Gasteiger partial charge >= 0.3 is 0 Å². The van der Waals surface area contributed by atoms with Gasteiger partial charge in [-0.05, 0) is 52.3 Å². The average Bonchev–Trinajstić information content (AvgIpc) is 3.09. The third kappa shape index (κ3) is 3.38. The van der Waals surface area contributed by atoms with Crippen LogP contribution < -0.4 is 5.32 Å². The van der Waals surface area contributed by atoms with E-state index in [9.17, 15) is 4.79 Å². The molecule has 2 aromatic carbocycles. The van der Waals surface area contributed by atoms with E-state index in [1.807, 2.05) is 66.7 Å². The van der Waals surface area contributed by atoms with Crippen LogP contribution in [0.3, 0.4) is 0 Å². The van der Waals surface area contributed by atoms with Crippen molar-refractivity contribution >= 4 is 61.4 Å². The van der Waals surface area contributed by atoms with Gasteiger partial charge in [-0.2, -0.15) is 0 Å². The summed E-state index contributed by atoms with van der Waals surface area (Å²) < 4.78 is 1.52. The minimum absolute atomic E-state index is 0.181. The third-order valence-electron chi connectivity index (χ3n) is 3.91. The van der Waals surface area contributed by atoms with Crippen LogP contribution in [-0.2, 0) is 0 Å². The maximum Gasteiger partial charge on any atom is 0.256 e. The number of thiophene rings is 1. The van der Waals surface area contributed by atoms with Gasteiger partial charge in [-0.25, -0.2) is 4.98 Å². The zero-order valence-electron chi connectivity index (χ0n) is 13.4. The number of para-hydroxylation sites is 2. The first-order chi connectivity index (χ1) is 12.6. The van der Waals surface area contributed by atoms with Crippen LogP contribution in [0.15, 0.2) is 71.2 Å². The van der Waals surface area contributed by atoms with E-state index in [0.717, 1.165) is 31.6 Å². The van der Waals surface area contributed by atoms with Crippen molar-refractivity contribution in [1.29, 1.82) is 0 Å².